The van der Waals surface area contributed by atoms with Gasteiger partial charge in [0.05, 0.1) is 13.1 Å². The third-order valence-corrected chi connectivity index (χ3v) is 4.87. The Morgan fingerprint density at radius 3 is 2.68 bits per heavy atom. The fourth-order valence-corrected chi connectivity index (χ4v) is 3.62. The lowest BCUT2D eigenvalue weighted by Gasteiger charge is -2.21. The Morgan fingerprint density at radius 1 is 1.27 bits per heavy atom. The maximum absolute atomic E-state index is 13.2. The quantitative estimate of drug-likeness (QED) is 0.757. The van der Waals surface area contributed by atoms with Crippen molar-refractivity contribution in [3.05, 3.63) is 56.4 Å². The summed E-state index contributed by atoms with van der Waals surface area (Å²) in [7, 11) is 3.66. The van der Waals surface area contributed by atoms with Crippen LogP contribution in [0.4, 0.5) is 4.39 Å². The normalized spacial score (nSPS) is 11.0. The van der Waals surface area contributed by atoms with Gasteiger partial charge in [-0.2, -0.15) is 0 Å². The molecule has 6 heteroatoms. The minimum Gasteiger partial charge on any atom is -0.340 e. The van der Waals surface area contributed by atoms with Crippen LogP contribution in [0, 0.1) is 5.82 Å². The first-order valence-electron chi connectivity index (χ1n) is 6.84. The molecule has 0 N–H and O–H groups in total. The van der Waals surface area contributed by atoms with Crippen molar-refractivity contribution in [1.29, 1.82) is 0 Å². The van der Waals surface area contributed by atoms with Gasteiger partial charge in [0, 0.05) is 28.3 Å². The number of amides is 1. The molecular formula is C16H18BrFN2OS. The summed E-state index contributed by atoms with van der Waals surface area (Å²) in [5.41, 5.74) is 0.861. The monoisotopic (exact) mass is 384 g/mol. The van der Waals surface area contributed by atoms with E-state index in [1.54, 1.807) is 29.4 Å². The molecule has 0 radical (unpaired) electrons. The van der Waals surface area contributed by atoms with Crippen molar-refractivity contribution in [3.8, 4) is 0 Å². The molecule has 118 valence electrons. The van der Waals surface area contributed by atoms with E-state index in [4.69, 9.17) is 0 Å². The van der Waals surface area contributed by atoms with Crippen LogP contribution in [0.15, 0.2) is 40.2 Å². The van der Waals surface area contributed by atoms with Gasteiger partial charge in [0.25, 0.3) is 0 Å². The zero-order chi connectivity index (χ0) is 16.1. The van der Waals surface area contributed by atoms with Crippen LogP contribution in [-0.2, 0) is 17.9 Å². The van der Waals surface area contributed by atoms with Gasteiger partial charge in [-0.3, -0.25) is 9.69 Å². The molecule has 22 heavy (non-hydrogen) atoms. The first-order chi connectivity index (χ1) is 10.4. The number of carbonyl (C=O) groups excluding carboxylic acids is 1. The second-order valence-corrected chi connectivity index (χ2v) is 7.19. The summed E-state index contributed by atoms with van der Waals surface area (Å²) < 4.78 is 14.2. The molecule has 0 aliphatic carbocycles. The molecule has 0 atom stereocenters. The van der Waals surface area contributed by atoms with Crippen molar-refractivity contribution < 1.29 is 9.18 Å². The molecule has 0 saturated heterocycles. The summed E-state index contributed by atoms with van der Waals surface area (Å²) >= 11 is 5.03. The van der Waals surface area contributed by atoms with Crippen LogP contribution in [0.2, 0.25) is 0 Å². The predicted molar refractivity (Wildman–Crippen MR) is 91.2 cm³/mol. The van der Waals surface area contributed by atoms with Crippen LogP contribution < -0.4 is 0 Å². The van der Waals surface area contributed by atoms with Crippen LogP contribution in [-0.4, -0.2) is 36.3 Å². The molecule has 0 aliphatic heterocycles. The van der Waals surface area contributed by atoms with Gasteiger partial charge in [0.1, 0.15) is 5.82 Å². The Bertz CT molecular complexity index is 647. The zero-order valence-electron chi connectivity index (χ0n) is 12.6. The highest BCUT2D eigenvalue weighted by molar-refractivity contribution is 9.10. The van der Waals surface area contributed by atoms with Crippen LogP contribution in [0.1, 0.15) is 10.4 Å². The lowest BCUT2D eigenvalue weighted by Crippen LogP contribution is -2.35. The van der Waals surface area contributed by atoms with Gasteiger partial charge in [-0.1, -0.05) is 12.1 Å². The van der Waals surface area contributed by atoms with Crippen molar-refractivity contribution >= 4 is 33.2 Å². The van der Waals surface area contributed by atoms with E-state index in [-0.39, 0.29) is 11.7 Å². The Kier molecular flexibility index (Phi) is 6.11. The second kappa shape index (κ2) is 7.85. The lowest BCUT2D eigenvalue weighted by molar-refractivity contribution is -0.131. The molecular weight excluding hydrogens is 367 g/mol. The highest BCUT2D eigenvalue weighted by Crippen LogP contribution is 2.20. The summed E-state index contributed by atoms with van der Waals surface area (Å²) in [6.07, 6.45) is 0. The topological polar surface area (TPSA) is 23.6 Å². The van der Waals surface area contributed by atoms with E-state index >= 15 is 0 Å². The molecule has 1 heterocycles. The first kappa shape index (κ1) is 17.1. The van der Waals surface area contributed by atoms with Crippen molar-refractivity contribution in [2.75, 3.05) is 20.6 Å². The van der Waals surface area contributed by atoms with Crippen LogP contribution in [0.25, 0.3) is 0 Å². The highest BCUT2D eigenvalue weighted by atomic mass is 79.9. The average Bonchev–Trinajstić information content (AvgIpc) is 2.83. The van der Waals surface area contributed by atoms with Gasteiger partial charge in [-0.25, -0.2) is 4.39 Å². The van der Waals surface area contributed by atoms with Crippen molar-refractivity contribution in [1.82, 2.24) is 9.80 Å². The molecule has 1 amide bonds. The number of nitrogens with zero attached hydrogens (tertiary/aromatic N) is 2. The molecule has 2 aromatic rings. The number of halogens is 2. The van der Waals surface area contributed by atoms with Crippen LogP contribution >= 0.6 is 27.3 Å². The van der Waals surface area contributed by atoms with E-state index in [1.807, 2.05) is 29.5 Å². The second-order valence-electron chi connectivity index (χ2n) is 5.28. The molecule has 2 rings (SSSR count). The number of likely N-dealkylation sites (N-methyl/N-ethyl adjacent to an activating group) is 2. The smallest absolute Gasteiger partial charge is 0.236 e. The number of hydrogen-bond acceptors (Lipinski definition) is 3. The number of hydrogen-bond donors (Lipinski definition) is 0. The Labute approximate surface area is 142 Å². The van der Waals surface area contributed by atoms with Gasteiger partial charge >= 0.3 is 0 Å². The Balaban J connectivity index is 1.85. The summed E-state index contributed by atoms with van der Waals surface area (Å²) in [4.78, 5) is 17.0. The van der Waals surface area contributed by atoms with Gasteiger partial charge < -0.3 is 4.90 Å². The number of benzene rings is 1. The highest BCUT2D eigenvalue weighted by Gasteiger charge is 2.13. The van der Waals surface area contributed by atoms with E-state index in [1.165, 1.54) is 12.1 Å². The molecule has 0 unspecified atom stereocenters. The molecule has 0 spiro atoms. The molecule has 0 bridgehead atoms. The van der Waals surface area contributed by atoms with Gasteiger partial charge in [-0.05, 0) is 46.7 Å². The maximum atomic E-state index is 13.2. The predicted octanol–water partition coefficient (Wildman–Crippen LogP) is 3.74. The van der Waals surface area contributed by atoms with Crippen LogP contribution in [0.5, 0.6) is 0 Å². The largest absolute Gasteiger partial charge is 0.340 e. The summed E-state index contributed by atoms with van der Waals surface area (Å²) in [5.74, 6) is -0.207. The SMILES string of the molecule is CN(CC(=O)N(C)Cc1cc(Br)cs1)Cc1cccc(F)c1. The standard InChI is InChI=1S/C16H18BrFN2OS/c1-19(8-12-4-3-5-14(18)6-12)10-16(21)20(2)9-15-7-13(17)11-22-15/h3-7,11H,8-10H2,1-2H3. The van der Waals surface area contributed by atoms with Crippen molar-refractivity contribution in [3.63, 3.8) is 0 Å². The molecule has 0 aliphatic rings. The van der Waals surface area contributed by atoms with Crippen LogP contribution in [0.3, 0.4) is 0 Å². The molecule has 1 aromatic heterocycles. The summed E-state index contributed by atoms with van der Waals surface area (Å²) in [6, 6.07) is 8.47. The van der Waals surface area contributed by atoms with E-state index < -0.39 is 0 Å². The minimum absolute atomic E-state index is 0.0448. The Hall–Kier alpha value is -1.24. The fraction of sp³-hybridized carbons (Fsp3) is 0.312. The lowest BCUT2D eigenvalue weighted by atomic mass is 10.2. The van der Waals surface area contributed by atoms with E-state index in [9.17, 15) is 9.18 Å². The molecule has 1 aromatic carbocycles. The summed E-state index contributed by atoms with van der Waals surface area (Å²) in [5, 5.41) is 2.00. The third-order valence-electron chi connectivity index (χ3n) is 3.19. The fourth-order valence-electron chi connectivity index (χ4n) is 2.11. The van der Waals surface area contributed by atoms with E-state index in [0.717, 1.165) is 14.9 Å². The molecule has 0 fully saturated rings. The van der Waals surface area contributed by atoms with E-state index in [0.29, 0.717) is 19.6 Å². The van der Waals surface area contributed by atoms with E-state index in [2.05, 4.69) is 15.9 Å². The maximum Gasteiger partial charge on any atom is 0.236 e. The van der Waals surface area contributed by atoms with Gasteiger partial charge in [0.15, 0.2) is 0 Å². The zero-order valence-corrected chi connectivity index (χ0v) is 15.0. The number of carbonyl (C=O) groups is 1. The molecule has 3 nitrogen and oxygen atoms in total. The minimum atomic E-state index is -0.252. The molecule has 0 saturated carbocycles. The summed E-state index contributed by atoms with van der Waals surface area (Å²) in [6.45, 7) is 1.45. The van der Waals surface area contributed by atoms with Gasteiger partial charge in [0.2, 0.25) is 5.91 Å². The number of rotatable bonds is 6. The first-order valence-corrected chi connectivity index (χ1v) is 8.51. The average molecular weight is 385 g/mol. The van der Waals surface area contributed by atoms with Crippen molar-refractivity contribution in [2.45, 2.75) is 13.1 Å². The third kappa shape index (κ3) is 5.19. The van der Waals surface area contributed by atoms with Gasteiger partial charge in [-0.15, -0.1) is 11.3 Å². The Morgan fingerprint density at radius 2 is 2.05 bits per heavy atom. The van der Waals surface area contributed by atoms with Crippen molar-refractivity contribution in [2.24, 2.45) is 0 Å². The number of thiophene rings is 1.